The third-order valence-electron chi connectivity index (χ3n) is 4.36. The molecule has 1 aromatic heterocycles. The van der Waals surface area contributed by atoms with Gasteiger partial charge in [-0.2, -0.15) is 0 Å². The highest BCUT2D eigenvalue weighted by molar-refractivity contribution is 7.11. The van der Waals surface area contributed by atoms with Crippen molar-refractivity contribution in [1.82, 2.24) is 0 Å². The van der Waals surface area contributed by atoms with Crippen LogP contribution in [0.5, 0.6) is 0 Å². The number of carbonyl (C=O) groups excluding carboxylic acids is 2. The molecule has 1 N–H and O–H groups in total. The number of anilines is 2. The number of nitrogens with zero attached hydrogens (tertiary/aromatic N) is 1. The van der Waals surface area contributed by atoms with Crippen LogP contribution in [0, 0.1) is 13.8 Å². The Labute approximate surface area is 161 Å². The molecule has 0 unspecified atom stereocenters. The van der Waals surface area contributed by atoms with Crippen LogP contribution in [-0.2, 0) is 9.59 Å². The number of hydrogen-bond donors (Lipinski definition) is 1. The van der Waals surface area contributed by atoms with E-state index < -0.39 is 0 Å². The van der Waals surface area contributed by atoms with Crippen molar-refractivity contribution < 1.29 is 9.59 Å². The molecule has 2 aromatic carbocycles. The van der Waals surface area contributed by atoms with Crippen molar-refractivity contribution in [2.24, 2.45) is 0 Å². The lowest BCUT2D eigenvalue weighted by molar-refractivity contribution is -0.120. The van der Waals surface area contributed by atoms with E-state index in [0.29, 0.717) is 17.0 Å². The predicted octanol–water partition coefficient (Wildman–Crippen LogP) is 4.76. The topological polar surface area (TPSA) is 49.4 Å². The molecule has 0 radical (unpaired) electrons. The highest BCUT2D eigenvalue weighted by Crippen LogP contribution is 2.35. The van der Waals surface area contributed by atoms with E-state index in [-0.39, 0.29) is 11.8 Å². The molecule has 134 valence electrons. The van der Waals surface area contributed by atoms with Gasteiger partial charge in [0.05, 0.1) is 11.3 Å². The second-order valence-electron chi connectivity index (χ2n) is 6.51. The van der Waals surface area contributed by atoms with Crippen molar-refractivity contribution in [1.29, 1.82) is 0 Å². The number of rotatable bonds is 4. The molecule has 1 aliphatic rings. The largest absolute Gasteiger partial charge is 0.350 e. The number of carbonyl (C=O) groups is 2. The van der Waals surface area contributed by atoms with Crippen molar-refractivity contribution >= 4 is 40.1 Å². The van der Waals surface area contributed by atoms with Crippen LogP contribution in [0.15, 0.2) is 71.7 Å². The summed E-state index contributed by atoms with van der Waals surface area (Å²) < 4.78 is 0. The number of aryl methyl sites for hydroxylation is 2. The number of imide groups is 1. The van der Waals surface area contributed by atoms with Crippen LogP contribution in [0.1, 0.15) is 16.0 Å². The molecule has 1 aliphatic heterocycles. The zero-order chi connectivity index (χ0) is 19.0. The summed E-state index contributed by atoms with van der Waals surface area (Å²) in [6.07, 6.45) is 0. The average Bonchev–Trinajstić information content (AvgIpc) is 3.22. The fourth-order valence-corrected chi connectivity index (χ4v) is 4.07. The minimum atomic E-state index is -0.339. The van der Waals surface area contributed by atoms with Crippen LogP contribution in [0.25, 0.3) is 5.57 Å². The predicted molar refractivity (Wildman–Crippen MR) is 110 cm³/mol. The fraction of sp³-hybridized carbons (Fsp3) is 0.0909. The number of para-hydroxylation sites is 1. The molecule has 2 amide bonds. The molecule has 0 bridgehead atoms. The first-order chi connectivity index (χ1) is 13.0. The zero-order valence-corrected chi connectivity index (χ0v) is 15.8. The summed E-state index contributed by atoms with van der Waals surface area (Å²) in [4.78, 5) is 28.4. The number of benzene rings is 2. The normalized spacial score (nSPS) is 14.2. The molecule has 2 heterocycles. The Kier molecular flexibility index (Phi) is 4.38. The van der Waals surface area contributed by atoms with Gasteiger partial charge in [-0.3, -0.25) is 9.59 Å². The maximum atomic E-state index is 13.2. The van der Waals surface area contributed by atoms with Crippen molar-refractivity contribution in [3.05, 3.63) is 87.7 Å². The summed E-state index contributed by atoms with van der Waals surface area (Å²) in [7, 11) is 0. The van der Waals surface area contributed by atoms with Crippen molar-refractivity contribution in [3.8, 4) is 0 Å². The molecule has 0 saturated heterocycles. The van der Waals surface area contributed by atoms with Gasteiger partial charge in [-0.1, -0.05) is 30.3 Å². The van der Waals surface area contributed by atoms with Gasteiger partial charge in [0.1, 0.15) is 5.70 Å². The van der Waals surface area contributed by atoms with Gasteiger partial charge in [-0.25, -0.2) is 4.90 Å². The Morgan fingerprint density at radius 2 is 1.56 bits per heavy atom. The molecule has 4 rings (SSSR count). The second kappa shape index (κ2) is 6.85. The van der Waals surface area contributed by atoms with Crippen LogP contribution in [0.2, 0.25) is 0 Å². The first-order valence-corrected chi connectivity index (χ1v) is 9.50. The molecular formula is C22H18N2O2S. The maximum Gasteiger partial charge on any atom is 0.282 e. The number of thiophene rings is 1. The zero-order valence-electron chi connectivity index (χ0n) is 15.0. The Balaban J connectivity index is 1.81. The lowest BCUT2D eigenvalue weighted by Crippen LogP contribution is -2.32. The van der Waals surface area contributed by atoms with Gasteiger partial charge in [-0.05, 0) is 60.7 Å². The summed E-state index contributed by atoms with van der Waals surface area (Å²) in [5.74, 6) is -0.644. The molecule has 0 atom stereocenters. The fourth-order valence-electron chi connectivity index (χ4n) is 3.30. The first kappa shape index (κ1) is 17.2. The van der Waals surface area contributed by atoms with Gasteiger partial charge in [0, 0.05) is 10.6 Å². The molecule has 4 nitrogen and oxygen atoms in total. The van der Waals surface area contributed by atoms with Crippen molar-refractivity contribution in [2.75, 3.05) is 10.2 Å². The summed E-state index contributed by atoms with van der Waals surface area (Å²) in [6.45, 7) is 4.01. The van der Waals surface area contributed by atoms with E-state index in [0.717, 1.165) is 21.7 Å². The van der Waals surface area contributed by atoms with Gasteiger partial charge >= 0.3 is 0 Å². The Morgan fingerprint density at radius 3 is 2.19 bits per heavy atom. The molecule has 5 heteroatoms. The second-order valence-corrected chi connectivity index (χ2v) is 7.46. The highest BCUT2D eigenvalue weighted by atomic mass is 32.1. The SMILES string of the molecule is Cc1cc(C)cc(NC2=C(c3cccs3)C(=O)N(c3ccccc3)C2=O)c1. The van der Waals surface area contributed by atoms with Crippen LogP contribution < -0.4 is 10.2 Å². The number of hydrogen-bond acceptors (Lipinski definition) is 4. The summed E-state index contributed by atoms with van der Waals surface area (Å²) in [6, 6.07) is 18.8. The molecular weight excluding hydrogens is 356 g/mol. The quantitative estimate of drug-likeness (QED) is 0.670. The molecule has 3 aromatic rings. The smallest absolute Gasteiger partial charge is 0.282 e. The van der Waals surface area contributed by atoms with E-state index in [2.05, 4.69) is 11.4 Å². The standard InChI is InChI=1S/C22H18N2O2S/c1-14-11-15(2)13-16(12-14)23-20-19(18-9-6-10-27-18)21(25)24(22(20)26)17-7-4-3-5-8-17/h3-13,23H,1-2H3. The van der Waals surface area contributed by atoms with Crippen LogP contribution in [0.3, 0.4) is 0 Å². The summed E-state index contributed by atoms with van der Waals surface area (Å²) >= 11 is 1.45. The van der Waals surface area contributed by atoms with Gasteiger partial charge in [0.25, 0.3) is 11.8 Å². The lowest BCUT2D eigenvalue weighted by Gasteiger charge is -2.15. The monoisotopic (exact) mass is 374 g/mol. The molecule has 0 spiro atoms. The van der Waals surface area contributed by atoms with Gasteiger partial charge < -0.3 is 5.32 Å². The Morgan fingerprint density at radius 1 is 0.852 bits per heavy atom. The number of amides is 2. The van der Waals surface area contributed by atoms with E-state index in [1.807, 2.05) is 61.7 Å². The van der Waals surface area contributed by atoms with E-state index in [9.17, 15) is 9.59 Å². The van der Waals surface area contributed by atoms with Crippen molar-refractivity contribution in [2.45, 2.75) is 13.8 Å². The van der Waals surface area contributed by atoms with Crippen LogP contribution in [-0.4, -0.2) is 11.8 Å². The van der Waals surface area contributed by atoms with E-state index >= 15 is 0 Å². The molecule has 0 saturated carbocycles. The van der Waals surface area contributed by atoms with Gasteiger partial charge in [-0.15, -0.1) is 11.3 Å². The molecule has 27 heavy (non-hydrogen) atoms. The third-order valence-corrected chi connectivity index (χ3v) is 5.24. The van der Waals surface area contributed by atoms with E-state index in [4.69, 9.17) is 0 Å². The van der Waals surface area contributed by atoms with Crippen LogP contribution in [0.4, 0.5) is 11.4 Å². The Hall–Kier alpha value is -3.18. The van der Waals surface area contributed by atoms with E-state index in [1.54, 1.807) is 12.1 Å². The Bertz CT molecular complexity index is 1030. The summed E-state index contributed by atoms with van der Waals surface area (Å²) in [5, 5.41) is 5.12. The molecule has 0 fully saturated rings. The third kappa shape index (κ3) is 3.17. The van der Waals surface area contributed by atoms with Crippen LogP contribution >= 0.6 is 11.3 Å². The van der Waals surface area contributed by atoms with Gasteiger partial charge in [0.15, 0.2) is 0 Å². The minimum Gasteiger partial charge on any atom is -0.350 e. The number of nitrogens with one attached hydrogen (secondary N) is 1. The summed E-state index contributed by atoms with van der Waals surface area (Å²) in [5.41, 5.74) is 4.28. The maximum absolute atomic E-state index is 13.2. The highest BCUT2D eigenvalue weighted by Gasteiger charge is 2.40. The van der Waals surface area contributed by atoms with Crippen molar-refractivity contribution in [3.63, 3.8) is 0 Å². The first-order valence-electron chi connectivity index (χ1n) is 8.62. The van der Waals surface area contributed by atoms with E-state index in [1.165, 1.54) is 16.2 Å². The average molecular weight is 374 g/mol. The minimum absolute atomic E-state index is 0.305. The molecule has 0 aliphatic carbocycles. The van der Waals surface area contributed by atoms with Gasteiger partial charge in [0.2, 0.25) is 0 Å². The lowest BCUT2D eigenvalue weighted by atomic mass is 10.1.